The van der Waals surface area contributed by atoms with E-state index in [4.69, 9.17) is 23.2 Å². The van der Waals surface area contributed by atoms with Crippen LogP contribution in [0.3, 0.4) is 0 Å². The number of halogens is 2. The highest BCUT2D eigenvalue weighted by Gasteiger charge is 2.77. The molecule has 2 amide bonds. The zero-order valence-electron chi connectivity index (χ0n) is 21.1. The van der Waals surface area contributed by atoms with Gasteiger partial charge in [-0.15, -0.1) is 0 Å². The number of rotatable bonds is 4. The van der Waals surface area contributed by atoms with E-state index in [9.17, 15) is 14.4 Å². The summed E-state index contributed by atoms with van der Waals surface area (Å²) in [4.78, 5) is 43.5. The van der Waals surface area contributed by atoms with Crippen LogP contribution in [0, 0.1) is 5.92 Å². The van der Waals surface area contributed by atoms with Gasteiger partial charge in [0.05, 0.1) is 5.92 Å². The first kappa shape index (κ1) is 25.0. The van der Waals surface area contributed by atoms with E-state index < -0.39 is 34.7 Å². The molecular weight excluding hydrogens is 545 g/mol. The third-order valence-corrected chi connectivity index (χ3v) is 8.99. The molecule has 0 radical (unpaired) electrons. The molecule has 6 nitrogen and oxygen atoms in total. The van der Waals surface area contributed by atoms with E-state index in [1.165, 1.54) is 0 Å². The van der Waals surface area contributed by atoms with Crippen LogP contribution >= 0.6 is 23.2 Å². The molecule has 3 aliphatic heterocycles. The second kappa shape index (κ2) is 9.03. The Morgan fingerprint density at radius 1 is 0.725 bits per heavy atom. The van der Waals surface area contributed by atoms with Crippen LogP contribution in [0.25, 0.3) is 0 Å². The van der Waals surface area contributed by atoms with Gasteiger partial charge in [-0.1, -0.05) is 71.7 Å². The molecule has 3 N–H and O–H groups in total. The Labute approximate surface area is 240 Å². The van der Waals surface area contributed by atoms with E-state index in [1.807, 2.05) is 48.5 Å². The van der Waals surface area contributed by atoms with E-state index >= 15 is 0 Å². The van der Waals surface area contributed by atoms with Crippen LogP contribution in [-0.4, -0.2) is 23.6 Å². The molecule has 0 aromatic heterocycles. The lowest BCUT2D eigenvalue weighted by atomic mass is 9.57. The number of Topliss-reactive ketones (excluding diaryl/α,β-unsaturated/α-hetero) is 1. The minimum absolute atomic E-state index is 0.253. The van der Waals surface area contributed by atoms with Gasteiger partial charge >= 0.3 is 0 Å². The van der Waals surface area contributed by atoms with Crippen molar-refractivity contribution in [2.24, 2.45) is 5.92 Å². The Bertz CT molecular complexity index is 1710. The first-order valence-corrected chi connectivity index (χ1v) is 13.8. The Morgan fingerprint density at radius 3 is 2.15 bits per heavy atom. The molecule has 2 spiro atoms. The van der Waals surface area contributed by atoms with Crippen LogP contribution in [0.4, 0.5) is 11.4 Å². The Balaban J connectivity index is 1.55. The normalized spacial score (nSPS) is 26.1. The summed E-state index contributed by atoms with van der Waals surface area (Å²) in [5, 5.41) is 10.5. The van der Waals surface area contributed by atoms with Crippen molar-refractivity contribution in [3.63, 3.8) is 0 Å². The number of amides is 2. The number of nitrogens with one attached hydrogen (secondary N) is 3. The molecule has 4 aromatic rings. The van der Waals surface area contributed by atoms with Crippen molar-refractivity contribution in [2.75, 3.05) is 10.6 Å². The highest BCUT2D eigenvalue weighted by atomic mass is 35.5. The second-order valence-corrected chi connectivity index (χ2v) is 11.4. The maximum Gasteiger partial charge on any atom is 0.250 e. The Hall–Kier alpha value is -3.97. The van der Waals surface area contributed by atoms with Crippen molar-refractivity contribution < 1.29 is 14.4 Å². The number of hydrogen-bond acceptors (Lipinski definition) is 4. The van der Waals surface area contributed by atoms with Crippen LogP contribution in [0.1, 0.15) is 27.0 Å². The van der Waals surface area contributed by atoms with Crippen LogP contribution in [-0.2, 0) is 27.0 Å². The third-order valence-electron chi connectivity index (χ3n) is 8.50. The van der Waals surface area contributed by atoms with Gasteiger partial charge in [-0.25, -0.2) is 0 Å². The molecule has 198 valence electrons. The van der Waals surface area contributed by atoms with E-state index in [0.29, 0.717) is 44.5 Å². The highest BCUT2D eigenvalue weighted by Crippen LogP contribution is 2.62. The Kier molecular flexibility index (Phi) is 5.65. The molecule has 3 heterocycles. The lowest BCUT2D eigenvalue weighted by molar-refractivity contribution is -0.132. The van der Waals surface area contributed by atoms with Crippen LogP contribution < -0.4 is 16.0 Å². The average molecular weight is 568 g/mol. The van der Waals surface area contributed by atoms with Crippen molar-refractivity contribution in [2.45, 2.75) is 23.4 Å². The SMILES string of the molecule is O=C(c1ccc(Cl)cc1)[C@H]1[C@H](Cc2ccccc2)N[C@@]2(C(=O)Nc3ccc(Cl)cc32)[C@@]12C(=O)Nc1ccccc12. The maximum atomic E-state index is 14.7. The smallest absolute Gasteiger partial charge is 0.250 e. The van der Waals surface area contributed by atoms with Crippen molar-refractivity contribution in [3.05, 3.63) is 129 Å². The van der Waals surface area contributed by atoms with Gasteiger partial charge in [-0.05, 0) is 66.1 Å². The molecule has 40 heavy (non-hydrogen) atoms. The number of carbonyl (C=O) groups is 3. The fourth-order valence-corrected chi connectivity index (χ4v) is 7.29. The monoisotopic (exact) mass is 567 g/mol. The van der Waals surface area contributed by atoms with E-state index in [1.54, 1.807) is 48.5 Å². The first-order chi connectivity index (χ1) is 19.4. The average Bonchev–Trinajstić information content (AvgIpc) is 3.53. The number of benzene rings is 4. The minimum Gasteiger partial charge on any atom is -0.325 e. The van der Waals surface area contributed by atoms with Gasteiger partial charge in [-0.3, -0.25) is 19.7 Å². The number of carbonyl (C=O) groups excluding carboxylic acids is 3. The number of anilines is 2. The number of ketones is 1. The molecule has 0 bridgehead atoms. The summed E-state index contributed by atoms with van der Waals surface area (Å²) >= 11 is 12.7. The fraction of sp³-hybridized carbons (Fsp3) is 0.156. The molecule has 8 heteroatoms. The quantitative estimate of drug-likeness (QED) is 0.274. The summed E-state index contributed by atoms with van der Waals surface area (Å²) in [6.07, 6.45) is 0.410. The minimum atomic E-state index is -1.61. The van der Waals surface area contributed by atoms with Crippen molar-refractivity contribution in [1.82, 2.24) is 5.32 Å². The number of hydrogen-bond donors (Lipinski definition) is 3. The summed E-state index contributed by atoms with van der Waals surface area (Å²) in [7, 11) is 0. The Morgan fingerprint density at radius 2 is 1.38 bits per heavy atom. The van der Waals surface area contributed by atoms with Crippen molar-refractivity contribution in [3.8, 4) is 0 Å². The molecule has 4 atom stereocenters. The molecule has 1 fully saturated rings. The summed E-state index contributed by atoms with van der Waals surface area (Å²) in [5.74, 6) is -2.02. The van der Waals surface area contributed by atoms with E-state index in [2.05, 4.69) is 16.0 Å². The zero-order valence-corrected chi connectivity index (χ0v) is 22.6. The molecule has 7 rings (SSSR count). The molecule has 0 aliphatic carbocycles. The van der Waals surface area contributed by atoms with E-state index in [0.717, 1.165) is 5.56 Å². The number of para-hydroxylation sites is 1. The van der Waals surface area contributed by atoms with Crippen molar-refractivity contribution in [1.29, 1.82) is 0 Å². The van der Waals surface area contributed by atoms with Gasteiger partial charge in [0, 0.05) is 38.6 Å². The lowest BCUT2D eigenvalue weighted by Crippen LogP contribution is -2.61. The standard InChI is InChI=1S/C32H23Cl2N3O3/c33-20-12-10-19(11-13-20)28(38)27-26(16-18-6-2-1-3-7-18)37-32(23-17-21(34)14-15-25(23)36-30(32)40)31(27)22-8-4-5-9-24(22)35-29(31)39/h1-15,17,26-27,37H,16H2,(H,35,39)(H,36,40)/t26-,27+,31+,32-/m0/s1. The lowest BCUT2D eigenvalue weighted by Gasteiger charge is -2.40. The second-order valence-electron chi connectivity index (χ2n) is 10.5. The van der Waals surface area contributed by atoms with Crippen LogP contribution in [0.15, 0.2) is 97.1 Å². The summed E-state index contributed by atoms with van der Waals surface area (Å²) < 4.78 is 0. The summed E-state index contributed by atoms with van der Waals surface area (Å²) in [5.41, 5.74) is 0.433. The zero-order chi connectivity index (χ0) is 27.6. The molecule has 1 saturated heterocycles. The van der Waals surface area contributed by atoms with Gasteiger partial charge in [0.15, 0.2) is 5.78 Å². The summed E-state index contributed by atoms with van der Waals surface area (Å²) in [6, 6.07) is 28.2. The molecule has 0 saturated carbocycles. The molecular formula is C32H23Cl2N3O3. The highest BCUT2D eigenvalue weighted by molar-refractivity contribution is 6.31. The summed E-state index contributed by atoms with van der Waals surface area (Å²) in [6.45, 7) is 0. The van der Waals surface area contributed by atoms with Gasteiger partial charge in [0.25, 0.3) is 5.91 Å². The largest absolute Gasteiger partial charge is 0.325 e. The van der Waals surface area contributed by atoms with Crippen molar-refractivity contribution >= 4 is 52.2 Å². The van der Waals surface area contributed by atoms with Gasteiger partial charge in [0.2, 0.25) is 5.91 Å². The van der Waals surface area contributed by atoms with Gasteiger partial charge < -0.3 is 10.6 Å². The predicted octanol–water partition coefficient (Wildman–Crippen LogP) is 5.74. The number of fused-ring (bicyclic) bond motifs is 5. The predicted molar refractivity (Wildman–Crippen MR) is 155 cm³/mol. The molecule has 3 aliphatic rings. The fourth-order valence-electron chi connectivity index (χ4n) is 6.99. The van der Waals surface area contributed by atoms with E-state index in [-0.39, 0.29) is 5.78 Å². The van der Waals surface area contributed by atoms with Gasteiger partial charge in [-0.2, -0.15) is 0 Å². The van der Waals surface area contributed by atoms with Crippen LogP contribution in [0.2, 0.25) is 10.0 Å². The topological polar surface area (TPSA) is 87.3 Å². The van der Waals surface area contributed by atoms with Gasteiger partial charge in [0.1, 0.15) is 11.0 Å². The van der Waals surface area contributed by atoms with Crippen LogP contribution in [0.5, 0.6) is 0 Å². The molecule has 0 unspecified atom stereocenters. The molecule has 4 aromatic carbocycles. The maximum absolute atomic E-state index is 14.7. The third kappa shape index (κ3) is 3.30. The first-order valence-electron chi connectivity index (χ1n) is 13.0.